The fraction of sp³-hybridized carbons (Fsp3) is 0.533. The molecule has 3 rings (SSSR count). The molecule has 2 aliphatic heterocycles. The van der Waals surface area contributed by atoms with Crippen molar-refractivity contribution < 1.29 is 22.7 Å². The molecule has 1 amide bonds. The third kappa shape index (κ3) is 3.33. The summed E-state index contributed by atoms with van der Waals surface area (Å²) < 4.78 is 37.3. The van der Waals surface area contributed by atoms with Gasteiger partial charge >= 0.3 is 0 Å². The number of nitrogens with zero attached hydrogens (tertiary/aromatic N) is 3. The van der Waals surface area contributed by atoms with Crippen molar-refractivity contribution in [2.24, 2.45) is 0 Å². The van der Waals surface area contributed by atoms with Crippen LogP contribution in [0.25, 0.3) is 0 Å². The van der Waals surface area contributed by atoms with Gasteiger partial charge in [0, 0.05) is 40.3 Å². The van der Waals surface area contributed by atoms with Crippen LogP contribution in [-0.2, 0) is 21.4 Å². The van der Waals surface area contributed by atoms with Crippen LogP contribution in [0.1, 0.15) is 5.56 Å². The highest BCUT2D eigenvalue weighted by Gasteiger charge is 2.30. The smallest absolute Gasteiger partial charge is 0.281 e. The second-order valence-corrected chi connectivity index (χ2v) is 8.08. The monoisotopic (exact) mass is 355 g/mol. The van der Waals surface area contributed by atoms with Crippen molar-refractivity contribution in [1.29, 1.82) is 0 Å². The van der Waals surface area contributed by atoms with Crippen LogP contribution in [-0.4, -0.2) is 74.9 Å². The Bertz CT molecular complexity index is 727. The van der Waals surface area contributed by atoms with E-state index in [1.165, 1.54) is 22.7 Å². The van der Waals surface area contributed by atoms with Gasteiger partial charge in [0.15, 0.2) is 11.5 Å². The number of fused-ring (bicyclic) bond motifs is 1. The second kappa shape index (κ2) is 6.58. The highest BCUT2D eigenvalue weighted by atomic mass is 32.2. The SMILES string of the molecule is CN(C)S(=O)(=O)N1CCN(C(=O)Cc2ccc3c(c2)OCO3)CC1. The molecule has 0 aliphatic carbocycles. The predicted molar refractivity (Wildman–Crippen MR) is 87.0 cm³/mol. The van der Waals surface area contributed by atoms with E-state index >= 15 is 0 Å². The van der Waals surface area contributed by atoms with Gasteiger partial charge in [-0.25, -0.2) is 0 Å². The number of ether oxygens (including phenoxy) is 2. The Morgan fingerprint density at radius 1 is 1.12 bits per heavy atom. The van der Waals surface area contributed by atoms with E-state index in [4.69, 9.17) is 9.47 Å². The molecule has 24 heavy (non-hydrogen) atoms. The maximum absolute atomic E-state index is 12.4. The lowest BCUT2D eigenvalue weighted by molar-refractivity contribution is -0.131. The van der Waals surface area contributed by atoms with Crippen molar-refractivity contribution in [3.63, 3.8) is 0 Å². The van der Waals surface area contributed by atoms with Gasteiger partial charge in [0.05, 0.1) is 6.42 Å². The summed E-state index contributed by atoms with van der Waals surface area (Å²) >= 11 is 0. The van der Waals surface area contributed by atoms with E-state index in [9.17, 15) is 13.2 Å². The van der Waals surface area contributed by atoms with Gasteiger partial charge in [-0.3, -0.25) is 4.79 Å². The molecule has 0 atom stereocenters. The highest BCUT2D eigenvalue weighted by Crippen LogP contribution is 2.32. The lowest BCUT2D eigenvalue weighted by Gasteiger charge is -2.35. The molecular weight excluding hydrogens is 334 g/mol. The summed E-state index contributed by atoms with van der Waals surface area (Å²) in [5, 5.41) is 0. The summed E-state index contributed by atoms with van der Waals surface area (Å²) in [5.74, 6) is 1.33. The number of hydrogen-bond donors (Lipinski definition) is 0. The zero-order chi connectivity index (χ0) is 17.3. The molecule has 0 radical (unpaired) electrons. The molecule has 1 aromatic rings. The maximum Gasteiger partial charge on any atom is 0.281 e. The largest absolute Gasteiger partial charge is 0.454 e. The van der Waals surface area contributed by atoms with Crippen LogP contribution in [0.5, 0.6) is 11.5 Å². The second-order valence-electron chi connectivity index (χ2n) is 5.93. The first-order valence-electron chi connectivity index (χ1n) is 7.72. The Morgan fingerprint density at radius 2 is 1.79 bits per heavy atom. The van der Waals surface area contributed by atoms with E-state index in [0.717, 1.165) is 5.56 Å². The molecule has 1 fully saturated rings. The van der Waals surface area contributed by atoms with Crippen LogP contribution >= 0.6 is 0 Å². The van der Waals surface area contributed by atoms with Gasteiger partial charge in [-0.15, -0.1) is 0 Å². The van der Waals surface area contributed by atoms with Crippen LogP contribution in [0.3, 0.4) is 0 Å². The number of benzene rings is 1. The number of carbonyl (C=O) groups excluding carboxylic acids is 1. The Labute approximate surface area is 141 Å². The molecule has 132 valence electrons. The molecule has 0 aromatic heterocycles. The molecule has 0 unspecified atom stereocenters. The van der Waals surface area contributed by atoms with E-state index in [-0.39, 0.29) is 19.1 Å². The molecule has 0 spiro atoms. The Balaban J connectivity index is 1.58. The lowest BCUT2D eigenvalue weighted by Crippen LogP contribution is -2.53. The topological polar surface area (TPSA) is 79.4 Å². The predicted octanol–water partition coefficient (Wildman–Crippen LogP) is -0.0916. The van der Waals surface area contributed by atoms with Gasteiger partial charge in [-0.1, -0.05) is 6.07 Å². The number of piperazine rings is 1. The minimum absolute atomic E-state index is 0.0178. The number of amides is 1. The maximum atomic E-state index is 12.4. The first-order chi connectivity index (χ1) is 11.4. The average Bonchev–Trinajstić information content (AvgIpc) is 3.02. The summed E-state index contributed by atoms with van der Waals surface area (Å²) in [4.78, 5) is 14.1. The summed E-state index contributed by atoms with van der Waals surface area (Å²) in [5.41, 5.74) is 0.854. The lowest BCUT2D eigenvalue weighted by atomic mass is 10.1. The molecule has 0 bridgehead atoms. The van der Waals surface area contributed by atoms with Crippen LogP contribution in [0.15, 0.2) is 18.2 Å². The molecule has 1 aromatic carbocycles. The minimum atomic E-state index is -3.42. The summed E-state index contributed by atoms with van der Waals surface area (Å²) in [6.45, 7) is 1.63. The first kappa shape index (κ1) is 17.0. The van der Waals surface area contributed by atoms with Crippen molar-refractivity contribution in [2.45, 2.75) is 6.42 Å². The van der Waals surface area contributed by atoms with Crippen molar-refractivity contribution in [3.05, 3.63) is 23.8 Å². The number of hydrogen-bond acceptors (Lipinski definition) is 5. The summed E-state index contributed by atoms with van der Waals surface area (Å²) in [6, 6.07) is 5.46. The van der Waals surface area contributed by atoms with Crippen molar-refractivity contribution >= 4 is 16.1 Å². The third-order valence-electron chi connectivity index (χ3n) is 4.17. The molecule has 0 N–H and O–H groups in total. The zero-order valence-corrected chi connectivity index (χ0v) is 14.6. The van der Waals surface area contributed by atoms with Crippen molar-refractivity contribution in [2.75, 3.05) is 47.1 Å². The van der Waals surface area contributed by atoms with E-state index in [1.807, 2.05) is 12.1 Å². The normalized spacial score (nSPS) is 18.2. The Kier molecular flexibility index (Phi) is 4.66. The van der Waals surface area contributed by atoms with Gasteiger partial charge in [0.25, 0.3) is 10.2 Å². The molecule has 2 heterocycles. The fourth-order valence-corrected chi connectivity index (χ4v) is 3.82. The quantitative estimate of drug-likeness (QED) is 0.754. The van der Waals surface area contributed by atoms with Crippen LogP contribution < -0.4 is 9.47 Å². The standard InChI is InChI=1S/C15H21N3O5S/c1-16(2)24(20,21)18-7-5-17(6-8-18)15(19)10-12-3-4-13-14(9-12)23-11-22-13/h3-4,9H,5-8,10-11H2,1-2H3. The van der Waals surface area contributed by atoms with Gasteiger partial charge in [0.2, 0.25) is 12.7 Å². The highest BCUT2D eigenvalue weighted by molar-refractivity contribution is 7.86. The molecular formula is C15H21N3O5S. The van der Waals surface area contributed by atoms with Crippen LogP contribution in [0, 0.1) is 0 Å². The molecule has 2 aliphatic rings. The molecule has 8 nitrogen and oxygen atoms in total. The first-order valence-corrected chi connectivity index (χ1v) is 9.11. The van der Waals surface area contributed by atoms with E-state index in [1.54, 1.807) is 11.0 Å². The minimum Gasteiger partial charge on any atom is -0.454 e. The number of carbonyl (C=O) groups is 1. The Morgan fingerprint density at radius 3 is 2.46 bits per heavy atom. The van der Waals surface area contributed by atoms with Gasteiger partial charge in [-0.05, 0) is 17.7 Å². The van der Waals surface area contributed by atoms with Crippen molar-refractivity contribution in [3.8, 4) is 11.5 Å². The fourth-order valence-electron chi connectivity index (χ4n) is 2.74. The van der Waals surface area contributed by atoms with Crippen LogP contribution in [0.2, 0.25) is 0 Å². The van der Waals surface area contributed by atoms with E-state index in [0.29, 0.717) is 37.7 Å². The molecule has 9 heteroatoms. The molecule has 0 saturated carbocycles. The molecule has 1 saturated heterocycles. The number of rotatable bonds is 4. The van der Waals surface area contributed by atoms with Gasteiger partial charge in [-0.2, -0.15) is 17.0 Å². The van der Waals surface area contributed by atoms with Gasteiger partial charge in [0.1, 0.15) is 0 Å². The average molecular weight is 355 g/mol. The third-order valence-corrected chi connectivity index (χ3v) is 6.11. The van der Waals surface area contributed by atoms with E-state index < -0.39 is 10.2 Å². The summed E-state index contributed by atoms with van der Waals surface area (Å²) in [7, 11) is -0.404. The van der Waals surface area contributed by atoms with Crippen LogP contribution in [0.4, 0.5) is 0 Å². The Hall–Kier alpha value is -1.84. The van der Waals surface area contributed by atoms with Crippen molar-refractivity contribution in [1.82, 2.24) is 13.5 Å². The van der Waals surface area contributed by atoms with Gasteiger partial charge < -0.3 is 14.4 Å². The zero-order valence-electron chi connectivity index (χ0n) is 13.8. The van der Waals surface area contributed by atoms with E-state index in [2.05, 4.69) is 0 Å². The summed E-state index contributed by atoms with van der Waals surface area (Å²) in [6.07, 6.45) is 0.261.